The topological polar surface area (TPSA) is 66.7 Å². The second-order valence-electron chi connectivity index (χ2n) is 6.70. The summed E-state index contributed by atoms with van der Waals surface area (Å²) in [5, 5.41) is 10.9. The average molecular weight is 371 g/mol. The Kier molecular flexibility index (Phi) is 7.24. The van der Waals surface area contributed by atoms with Crippen LogP contribution in [0.2, 0.25) is 0 Å². The number of nitrogens with one attached hydrogen (secondary N) is 2. The molecule has 1 saturated heterocycles. The molecule has 1 aliphatic heterocycles. The van der Waals surface area contributed by atoms with Gasteiger partial charge in [-0.1, -0.05) is 24.3 Å². The van der Waals surface area contributed by atoms with Gasteiger partial charge in [0.2, 0.25) is 0 Å². The molecule has 2 aromatic rings. The van der Waals surface area contributed by atoms with E-state index in [-0.39, 0.29) is 0 Å². The Hall–Kier alpha value is -2.38. The van der Waals surface area contributed by atoms with E-state index in [2.05, 4.69) is 51.8 Å². The highest BCUT2D eigenvalue weighted by atomic mass is 16.5. The normalized spacial score (nSPS) is 15.7. The Bertz CT molecular complexity index is 736. The van der Waals surface area contributed by atoms with Crippen molar-refractivity contribution >= 4 is 5.96 Å². The van der Waals surface area contributed by atoms with Gasteiger partial charge in [0.15, 0.2) is 5.96 Å². The molecular formula is C20H30N6O. The van der Waals surface area contributed by atoms with Crippen LogP contribution in [0.15, 0.2) is 41.5 Å². The molecule has 1 fully saturated rings. The lowest BCUT2D eigenvalue weighted by Crippen LogP contribution is -2.37. The molecule has 1 aliphatic rings. The molecule has 0 bridgehead atoms. The van der Waals surface area contributed by atoms with Crippen LogP contribution in [0, 0.1) is 0 Å². The van der Waals surface area contributed by atoms with Crippen LogP contribution in [-0.4, -0.2) is 53.5 Å². The Balaban J connectivity index is 1.57. The molecule has 7 nitrogen and oxygen atoms in total. The maximum atomic E-state index is 5.43. The second-order valence-corrected chi connectivity index (χ2v) is 6.70. The molecule has 1 aromatic heterocycles. The van der Waals surface area contributed by atoms with Crippen LogP contribution in [0.25, 0.3) is 0 Å². The summed E-state index contributed by atoms with van der Waals surface area (Å²) in [5.41, 5.74) is 3.67. The average Bonchev–Trinajstić information content (AvgIpc) is 3.10. The van der Waals surface area contributed by atoms with Crippen LogP contribution < -0.4 is 10.6 Å². The van der Waals surface area contributed by atoms with E-state index in [1.807, 2.05) is 17.8 Å². The molecule has 146 valence electrons. The maximum Gasteiger partial charge on any atom is 0.191 e. The third-order valence-electron chi connectivity index (χ3n) is 4.62. The molecule has 0 saturated carbocycles. The largest absolute Gasteiger partial charge is 0.379 e. The van der Waals surface area contributed by atoms with Gasteiger partial charge in [-0.2, -0.15) is 5.10 Å². The number of guanidine groups is 1. The van der Waals surface area contributed by atoms with Gasteiger partial charge < -0.3 is 15.4 Å². The predicted molar refractivity (Wildman–Crippen MR) is 107 cm³/mol. The highest BCUT2D eigenvalue weighted by molar-refractivity contribution is 5.79. The standard InChI is InChI=1S/C20H30N6O/c1-3-21-20(23-15-19-7-8-24-25(19)2)22-14-17-5-4-6-18(13-17)16-26-9-11-27-12-10-26/h4-8,13H,3,9-12,14-16H2,1-2H3,(H2,21,22,23). The molecule has 0 atom stereocenters. The van der Waals surface area contributed by atoms with Crippen molar-refractivity contribution in [2.75, 3.05) is 32.8 Å². The molecule has 0 radical (unpaired) electrons. The fourth-order valence-electron chi connectivity index (χ4n) is 3.10. The third-order valence-corrected chi connectivity index (χ3v) is 4.62. The summed E-state index contributed by atoms with van der Waals surface area (Å²) in [7, 11) is 1.95. The quantitative estimate of drug-likeness (QED) is 0.571. The van der Waals surface area contributed by atoms with Crippen molar-refractivity contribution in [2.24, 2.45) is 12.0 Å². The molecule has 0 unspecified atom stereocenters. The summed E-state index contributed by atoms with van der Waals surface area (Å²) in [6.45, 7) is 8.89. The fourth-order valence-corrected chi connectivity index (χ4v) is 3.10. The number of aryl methyl sites for hydroxylation is 1. The molecule has 0 amide bonds. The first kappa shape index (κ1) is 19.4. The van der Waals surface area contributed by atoms with Gasteiger partial charge >= 0.3 is 0 Å². The number of morpholine rings is 1. The van der Waals surface area contributed by atoms with Gasteiger partial charge in [-0.15, -0.1) is 0 Å². The smallest absolute Gasteiger partial charge is 0.191 e. The van der Waals surface area contributed by atoms with Crippen LogP contribution >= 0.6 is 0 Å². The van der Waals surface area contributed by atoms with Crippen molar-refractivity contribution < 1.29 is 4.74 Å². The van der Waals surface area contributed by atoms with E-state index in [1.54, 1.807) is 6.20 Å². The molecule has 3 rings (SSSR count). The number of aromatic nitrogens is 2. The number of aliphatic imine (C=N–C) groups is 1. The monoisotopic (exact) mass is 370 g/mol. The minimum atomic E-state index is 0.650. The van der Waals surface area contributed by atoms with E-state index in [0.717, 1.165) is 51.0 Å². The summed E-state index contributed by atoms with van der Waals surface area (Å²) < 4.78 is 7.29. The number of ether oxygens (including phenoxy) is 1. The molecule has 7 heteroatoms. The van der Waals surface area contributed by atoms with Gasteiger partial charge in [-0.05, 0) is 24.1 Å². The van der Waals surface area contributed by atoms with E-state index < -0.39 is 0 Å². The molecule has 2 heterocycles. The molecule has 0 aliphatic carbocycles. The summed E-state index contributed by atoms with van der Waals surface area (Å²) in [6.07, 6.45) is 1.81. The number of hydrogen-bond donors (Lipinski definition) is 2. The molecule has 27 heavy (non-hydrogen) atoms. The third kappa shape index (κ3) is 6.08. The van der Waals surface area contributed by atoms with Crippen molar-refractivity contribution in [2.45, 2.75) is 26.6 Å². The first-order valence-electron chi connectivity index (χ1n) is 9.61. The van der Waals surface area contributed by atoms with Crippen LogP contribution in [0.4, 0.5) is 0 Å². The first-order valence-corrected chi connectivity index (χ1v) is 9.61. The zero-order valence-corrected chi connectivity index (χ0v) is 16.3. The highest BCUT2D eigenvalue weighted by Crippen LogP contribution is 2.11. The van der Waals surface area contributed by atoms with Gasteiger partial charge in [0.05, 0.1) is 32.0 Å². The van der Waals surface area contributed by atoms with Gasteiger partial charge in [-0.25, -0.2) is 4.99 Å². The lowest BCUT2D eigenvalue weighted by Gasteiger charge is -2.26. The van der Waals surface area contributed by atoms with Crippen molar-refractivity contribution in [3.8, 4) is 0 Å². The second kappa shape index (κ2) is 10.1. The van der Waals surface area contributed by atoms with Gasteiger partial charge in [0.25, 0.3) is 0 Å². The van der Waals surface area contributed by atoms with Crippen LogP contribution in [0.3, 0.4) is 0 Å². The van der Waals surface area contributed by atoms with Crippen molar-refractivity contribution in [1.29, 1.82) is 0 Å². The van der Waals surface area contributed by atoms with Crippen LogP contribution in [0.1, 0.15) is 23.7 Å². The fraction of sp³-hybridized carbons (Fsp3) is 0.500. The summed E-state index contributed by atoms with van der Waals surface area (Å²) >= 11 is 0. The predicted octanol–water partition coefficient (Wildman–Crippen LogP) is 1.51. The Morgan fingerprint density at radius 2 is 2.00 bits per heavy atom. The van der Waals surface area contributed by atoms with Crippen molar-refractivity contribution in [1.82, 2.24) is 25.3 Å². The van der Waals surface area contributed by atoms with Crippen LogP contribution in [-0.2, 0) is 31.4 Å². The Labute approximate surface area is 161 Å². The van der Waals surface area contributed by atoms with Gasteiger partial charge in [0, 0.05) is 39.4 Å². The van der Waals surface area contributed by atoms with Gasteiger partial charge in [0.1, 0.15) is 0 Å². The summed E-state index contributed by atoms with van der Waals surface area (Å²) in [6, 6.07) is 10.7. The van der Waals surface area contributed by atoms with Crippen LogP contribution in [0.5, 0.6) is 0 Å². The molecular weight excluding hydrogens is 340 g/mol. The summed E-state index contributed by atoms with van der Waals surface area (Å²) in [4.78, 5) is 7.17. The minimum absolute atomic E-state index is 0.650. The number of hydrogen-bond acceptors (Lipinski definition) is 4. The first-order chi connectivity index (χ1) is 13.2. The number of benzene rings is 1. The highest BCUT2D eigenvalue weighted by Gasteiger charge is 2.10. The zero-order chi connectivity index (χ0) is 18.9. The molecule has 1 aromatic carbocycles. The van der Waals surface area contributed by atoms with Gasteiger partial charge in [-0.3, -0.25) is 9.58 Å². The zero-order valence-electron chi connectivity index (χ0n) is 16.3. The van der Waals surface area contributed by atoms with Crippen molar-refractivity contribution in [3.63, 3.8) is 0 Å². The Morgan fingerprint density at radius 3 is 2.74 bits per heavy atom. The summed E-state index contributed by atoms with van der Waals surface area (Å²) in [5.74, 6) is 0.817. The molecule has 0 spiro atoms. The van der Waals surface area contributed by atoms with E-state index in [4.69, 9.17) is 9.73 Å². The van der Waals surface area contributed by atoms with Crippen molar-refractivity contribution in [3.05, 3.63) is 53.3 Å². The SMILES string of the molecule is CCNC(=NCc1cccc(CN2CCOCC2)c1)NCc1ccnn1C. The lowest BCUT2D eigenvalue weighted by atomic mass is 10.1. The van der Waals surface area contributed by atoms with E-state index >= 15 is 0 Å². The van der Waals surface area contributed by atoms with E-state index in [0.29, 0.717) is 13.1 Å². The van der Waals surface area contributed by atoms with E-state index in [1.165, 1.54) is 11.1 Å². The van der Waals surface area contributed by atoms with E-state index in [9.17, 15) is 0 Å². The maximum absolute atomic E-state index is 5.43. The number of rotatable bonds is 7. The lowest BCUT2D eigenvalue weighted by molar-refractivity contribution is 0.0342. The number of nitrogens with zero attached hydrogens (tertiary/aromatic N) is 4. The minimum Gasteiger partial charge on any atom is -0.379 e. The Morgan fingerprint density at radius 1 is 1.19 bits per heavy atom. The molecule has 2 N–H and O–H groups in total.